The zero-order chi connectivity index (χ0) is 16.7. The summed E-state index contributed by atoms with van der Waals surface area (Å²) in [6, 6.07) is 18.1. The molecule has 0 bridgehead atoms. The topological polar surface area (TPSA) is 33.5 Å². The zero-order valence-electron chi connectivity index (χ0n) is 12.9. The van der Waals surface area contributed by atoms with E-state index in [1.165, 1.54) is 22.0 Å². The molecule has 0 atom stereocenters. The van der Waals surface area contributed by atoms with Gasteiger partial charge in [0.25, 0.3) is 5.91 Å². The minimum atomic E-state index is -0.0897. The van der Waals surface area contributed by atoms with Gasteiger partial charge in [-0.2, -0.15) is 0 Å². The van der Waals surface area contributed by atoms with Crippen LogP contribution in [0.5, 0.6) is 0 Å². The average molecular weight is 351 g/mol. The number of thioether (sulfide) groups is 1. The molecular formula is C19H13NO2S2. The number of benzene rings is 2. The summed E-state index contributed by atoms with van der Waals surface area (Å²) in [6.07, 6.45) is 1.75. The van der Waals surface area contributed by atoms with Crippen LogP contribution >= 0.6 is 24.0 Å². The maximum atomic E-state index is 12.1. The van der Waals surface area contributed by atoms with Gasteiger partial charge in [0, 0.05) is 18.7 Å². The van der Waals surface area contributed by atoms with Crippen molar-refractivity contribution in [2.75, 3.05) is 7.05 Å². The van der Waals surface area contributed by atoms with E-state index in [-0.39, 0.29) is 5.91 Å². The van der Waals surface area contributed by atoms with Crippen LogP contribution in [0.15, 0.2) is 63.9 Å². The highest BCUT2D eigenvalue weighted by Gasteiger charge is 2.29. The largest absolute Gasteiger partial charge is 0.457 e. The van der Waals surface area contributed by atoms with Gasteiger partial charge in [-0.1, -0.05) is 66.4 Å². The van der Waals surface area contributed by atoms with Gasteiger partial charge in [-0.25, -0.2) is 0 Å². The molecule has 3 aromatic rings. The normalized spacial score (nSPS) is 16.5. The van der Waals surface area contributed by atoms with E-state index in [0.717, 1.165) is 16.7 Å². The van der Waals surface area contributed by atoms with E-state index < -0.39 is 0 Å². The molecule has 2 aromatic carbocycles. The van der Waals surface area contributed by atoms with Crippen LogP contribution in [0.3, 0.4) is 0 Å². The number of likely N-dealkylation sites (N-methyl/N-ethyl adjacent to an activating group) is 1. The Hall–Kier alpha value is -2.37. The molecule has 24 heavy (non-hydrogen) atoms. The third-order valence-corrected chi connectivity index (χ3v) is 5.43. The predicted octanol–water partition coefficient (Wildman–Crippen LogP) is 4.93. The molecule has 118 valence electrons. The van der Waals surface area contributed by atoms with Gasteiger partial charge in [0.05, 0.1) is 4.91 Å². The third kappa shape index (κ3) is 2.56. The van der Waals surface area contributed by atoms with Crippen molar-refractivity contribution in [3.8, 4) is 11.3 Å². The number of furan rings is 1. The summed E-state index contributed by atoms with van der Waals surface area (Å²) < 4.78 is 6.52. The Morgan fingerprint density at radius 3 is 2.67 bits per heavy atom. The number of carbonyl (C=O) groups excluding carboxylic acids is 1. The molecule has 0 saturated carbocycles. The van der Waals surface area contributed by atoms with Crippen LogP contribution in [0.1, 0.15) is 5.76 Å². The van der Waals surface area contributed by atoms with Crippen LogP contribution in [0.4, 0.5) is 0 Å². The van der Waals surface area contributed by atoms with E-state index >= 15 is 0 Å². The Balaban J connectivity index is 1.73. The van der Waals surface area contributed by atoms with Crippen molar-refractivity contribution in [2.45, 2.75) is 0 Å². The highest BCUT2D eigenvalue weighted by molar-refractivity contribution is 8.26. The lowest BCUT2D eigenvalue weighted by atomic mass is 10.0. The number of hydrogen-bond acceptors (Lipinski definition) is 4. The maximum absolute atomic E-state index is 12.1. The van der Waals surface area contributed by atoms with Gasteiger partial charge in [-0.15, -0.1) is 0 Å². The number of fused-ring (bicyclic) bond motifs is 1. The molecule has 5 heteroatoms. The monoisotopic (exact) mass is 351 g/mol. The highest BCUT2D eigenvalue weighted by Crippen LogP contribution is 2.34. The first kappa shape index (κ1) is 15.2. The first-order chi connectivity index (χ1) is 11.6. The smallest absolute Gasteiger partial charge is 0.266 e. The van der Waals surface area contributed by atoms with Crippen LogP contribution in [-0.2, 0) is 4.79 Å². The molecule has 1 fully saturated rings. The summed E-state index contributed by atoms with van der Waals surface area (Å²) in [5.74, 6) is 1.34. The van der Waals surface area contributed by atoms with Crippen LogP contribution in [0, 0.1) is 0 Å². The SMILES string of the molecule is CN1C(=O)/C(=C\c2ccc(-c3cccc4ccccc34)o2)SC1=S. The zero-order valence-corrected chi connectivity index (χ0v) is 14.5. The molecule has 0 spiro atoms. The molecule has 1 amide bonds. The quantitative estimate of drug-likeness (QED) is 0.484. The van der Waals surface area contributed by atoms with Crippen molar-refractivity contribution in [2.24, 2.45) is 0 Å². The lowest BCUT2D eigenvalue weighted by Crippen LogP contribution is -2.22. The Bertz CT molecular complexity index is 998. The lowest BCUT2D eigenvalue weighted by molar-refractivity contribution is -0.121. The number of carbonyl (C=O) groups is 1. The second-order valence-electron chi connectivity index (χ2n) is 5.47. The van der Waals surface area contributed by atoms with E-state index in [9.17, 15) is 4.79 Å². The molecule has 1 aliphatic heterocycles. The minimum Gasteiger partial charge on any atom is -0.457 e. The second-order valence-corrected chi connectivity index (χ2v) is 7.15. The predicted molar refractivity (Wildman–Crippen MR) is 103 cm³/mol. The van der Waals surface area contributed by atoms with Gasteiger partial charge in [0.15, 0.2) is 0 Å². The summed E-state index contributed by atoms with van der Waals surface area (Å²) in [4.78, 5) is 14.1. The van der Waals surface area contributed by atoms with Crippen molar-refractivity contribution in [3.63, 3.8) is 0 Å². The molecule has 0 unspecified atom stereocenters. The summed E-state index contributed by atoms with van der Waals surface area (Å²) in [7, 11) is 1.68. The lowest BCUT2D eigenvalue weighted by Gasteiger charge is -2.03. The number of hydrogen-bond donors (Lipinski definition) is 0. The fraction of sp³-hybridized carbons (Fsp3) is 0.0526. The summed E-state index contributed by atoms with van der Waals surface area (Å²) >= 11 is 6.44. The van der Waals surface area contributed by atoms with E-state index in [1.54, 1.807) is 13.1 Å². The molecular weight excluding hydrogens is 338 g/mol. The number of nitrogens with zero attached hydrogens (tertiary/aromatic N) is 1. The summed E-state index contributed by atoms with van der Waals surface area (Å²) in [5, 5.41) is 2.31. The first-order valence-electron chi connectivity index (χ1n) is 7.43. The molecule has 0 aliphatic carbocycles. The molecule has 3 nitrogen and oxygen atoms in total. The Kier molecular flexibility index (Phi) is 3.75. The Labute approximate surface area is 148 Å². The van der Waals surface area contributed by atoms with Crippen molar-refractivity contribution >= 4 is 51.1 Å². The van der Waals surface area contributed by atoms with Crippen molar-refractivity contribution in [1.82, 2.24) is 4.90 Å². The molecule has 4 rings (SSSR count). The van der Waals surface area contributed by atoms with E-state index in [4.69, 9.17) is 16.6 Å². The second kappa shape index (κ2) is 5.92. The minimum absolute atomic E-state index is 0.0897. The molecule has 1 aromatic heterocycles. The molecule has 0 N–H and O–H groups in total. The van der Waals surface area contributed by atoms with Gasteiger partial charge in [0.2, 0.25) is 0 Å². The van der Waals surface area contributed by atoms with Gasteiger partial charge in [-0.05, 0) is 22.9 Å². The standard InChI is InChI=1S/C19H13NO2S2/c1-20-18(21)17(24-19(20)23)11-13-9-10-16(22-13)15-8-4-6-12-5-2-3-7-14(12)15/h2-11H,1H3/b17-11+. The number of thiocarbonyl (C=S) groups is 1. The van der Waals surface area contributed by atoms with Crippen LogP contribution in [-0.4, -0.2) is 22.2 Å². The van der Waals surface area contributed by atoms with Crippen LogP contribution in [0.2, 0.25) is 0 Å². The maximum Gasteiger partial charge on any atom is 0.266 e. The van der Waals surface area contributed by atoms with Crippen molar-refractivity contribution in [3.05, 3.63) is 65.3 Å². The fourth-order valence-corrected chi connectivity index (χ4v) is 3.85. The Morgan fingerprint density at radius 2 is 1.88 bits per heavy atom. The molecule has 1 saturated heterocycles. The third-order valence-electron chi connectivity index (χ3n) is 3.94. The Morgan fingerprint density at radius 1 is 1.08 bits per heavy atom. The fourth-order valence-electron chi connectivity index (χ4n) is 2.69. The first-order valence-corrected chi connectivity index (χ1v) is 8.65. The van der Waals surface area contributed by atoms with E-state index in [1.807, 2.05) is 36.4 Å². The van der Waals surface area contributed by atoms with Gasteiger partial charge in [0.1, 0.15) is 15.8 Å². The van der Waals surface area contributed by atoms with Crippen molar-refractivity contribution in [1.29, 1.82) is 0 Å². The van der Waals surface area contributed by atoms with Gasteiger partial charge >= 0.3 is 0 Å². The molecule has 1 aliphatic rings. The van der Waals surface area contributed by atoms with Crippen molar-refractivity contribution < 1.29 is 9.21 Å². The van der Waals surface area contributed by atoms with Gasteiger partial charge < -0.3 is 4.42 Å². The molecule has 0 radical (unpaired) electrons. The highest BCUT2D eigenvalue weighted by atomic mass is 32.2. The van der Waals surface area contributed by atoms with E-state index in [2.05, 4.69) is 18.2 Å². The molecule has 2 heterocycles. The number of amides is 1. The average Bonchev–Trinajstić information content (AvgIpc) is 3.16. The van der Waals surface area contributed by atoms with Crippen LogP contribution in [0.25, 0.3) is 28.2 Å². The van der Waals surface area contributed by atoms with Crippen LogP contribution < -0.4 is 0 Å². The van der Waals surface area contributed by atoms with E-state index in [0.29, 0.717) is 15.0 Å². The number of rotatable bonds is 2. The summed E-state index contributed by atoms with van der Waals surface area (Å²) in [6.45, 7) is 0. The van der Waals surface area contributed by atoms with Gasteiger partial charge in [-0.3, -0.25) is 9.69 Å². The summed E-state index contributed by atoms with van der Waals surface area (Å²) in [5.41, 5.74) is 1.04.